The van der Waals surface area contributed by atoms with Crippen LogP contribution in [0, 0.1) is 5.82 Å². The van der Waals surface area contributed by atoms with Crippen LogP contribution in [-0.4, -0.2) is 41.9 Å². The summed E-state index contributed by atoms with van der Waals surface area (Å²) in [5, 5.41) is 5.75. The lowest BCUT2D eigenvalue weighted by atomic mass is 10.1. The van der Waals surface area contributed by atoms with Gasteiger partial charge < -0.3 is 10.6 Å². The Morgan fingerprint density at radius 1 is 1.12 bits per heavy atom. The number of carbonyl (C=O) groups is 2. The molecule has 6 heteroatoms. The molecule has 0 aliphatic heterocycles. The molecule has 0 aromatic heterocycles. The van der Waals surface area contributed by atoms with Gasteiger partial charge in [-0.15, -0.1) is 0 Å². The molecule has 0 aliphatic carbocycles. The van der Waals surface area contributed by atoms with Gasteiger partial charge in [-0.1, -0.05) is 19.1 Å². The predicted molar refractivity (Wildman–Crippen MR) is 93.0 cm³/mol. The fourth-order valence-corrected chi connectivity index (χ4v) is 2.27. The molecular weight excluding hydrogens is 309 g/mol. The van der Waals surface area contributed by atoms with E-state index in [2.05, 4.69) is 10.6 Å². The fourth-order valence-electron chi connectivity index (χ4n) is 2.27. The van der Waals surface area contributed by atoms with E-state index in [1.807, 2.05) is 34.6 Å². The summed E-state index contributed by atoms with van der Waals surface area (Å²) in [7, 11) is 0. The molecule has 1 atom stereocenters. The topological polar surface area (TPSA) is 61.4 Å². The number of likely N-dealkylation sites (N-methyl/N-ethyl adjacent to an activating group) is 1. The minimum absolute atomic E-state index is 0.108. The van der Waals surface area contributed by atoms with Gasteiger partial charge in [0, 0.05) is 5.54 Å². The second-order valence-electron chi connectivity index (χ2n) is 6.94. The lowest BCUT2D eigenvalue weighted by Gasteiger charge is -2.25. The Balaban J connectivity index is 2.51. The first kappa shape index (κ1) is 20.1. The van der Waals surface area contributed by atoms with Crippen LogP contribution >= 0.6 is 0 Å². The Kier molecular flexibility index (Phi) is 7.35. The second-order valence-corrected chi connectivity index (χ2v) is 6.94. The maximum absolute atomic E-state index is 12.9. The second kappa shape index (κ2) is 8.78. The Morgan fingerprint density at radius 3 is 2.17 bits per heavy atom. The van der Waals surface area contributed by atoms with E-state index in [4.69, 9.17) is 0 Å². The van der Waals surface area contributed by atoms with Gasteiger partial charge in [0.15, 0.2) is 0 Å². The maximum Gasteiger partial charge on any atom is 0.234 e. The molecule has 0 heterocycles. The van der Waals surface area contributed by atoms with Crippen LogP contribution in [0.3, 0.4) is 0 Å². The normalized spacial score (nSPS) is 12.8. The van der Waals surface area contributed by atoms with Crippen LogP contribution in [0.15, 0.2) is 24.3 Å². The summed E-state index contributed by atoms with van der Waals surface area (Å²) < 4.78 is 12.9. The molecule has 0 fully saturated rings. The molecule has 5 nitrogen and oxygen atoms in total. The van der Waals surface area contributed by atoms with Gasteiger partial charge in [-0.2, -0.15) is 0 Å². The number of hydrogen-bond donors (Lipinski definition) is 2. The number of hydrogen-bond acceptors (Lipinski definition) is 3. The van der Waals surface area contributed by atoms with Gasteiger partial charge >= 0.3 is 0 Å². The van der Waals surface area contributed by atoms with Gasteiger partial charge in [0.05, 0.1) is 19.1 Å². The monoisotopic (exact) mass is 337 g/mol. The number of nitrogens with one attached hydrogen (secondary N) is 2. The quantitative estimate of drug-likeness (QED) is 0.802. The van der Waals surface area contributed by atoms with Crippen molar-refractivity contribution in [2.45, 2.75) is 46.2 Å². The van der Waals surface area contributed by atoms with Gasteiger partial charge in [0.25, 0.3) is 0 Å². The first-order valence-electron chi connectivity index (χ1n) is 8.19. The number of carbonyl (C=O) groups excluding carboxylic acids is 2. The SMILES string of the molecule is CCN(CC(=O)NC(C)c1ccc(F)cc1)CC(=O)NC(C)(C)C. The maximum atomic E-state index is 12.9. The van der Waals surface area contributed by atoms with Crippen LogP contribution in [0.5, 0.6) is 0 Å². The van der Waals surface area contributed by atoms with Crippen molar-refractivity contribution in [2.24, 2.45) is 0 Å². The van der Waals surface area contributed by atoms with Crippen molar-refractivity contribution in [3.63, 3.8) is 0 Å². The van der Waals surface area contributed by atoms with Gasteiger partial charge in [-0.3, -0.25) is 14.5 Å². The number of amides is 2. The van der Waals surface area contributed by atoms with Crippen LogP contribution in [0.2, 0.25) is 0 Å². The molecule has 0 bridgehead atoms. The van der Waals surface area contributed by atoms with E-state index in [1.54, 1.807) is 17.0 Å². The zero-order valence-corrected chi connectivity index (χ0v) is 15.1. The minimum Gasteiger partial charge on any atom is -0.350 e. The molecule has 1 rings (SSSR count). The standard InChI is InChI=1S/C18H28FN3O2/c1-6-22(12-17(24)21-18(3,4)5)11-16(23)20-13(2)14-7-9-15(19)10-8-14/h7-10,13H,6,11-12H2,1-5H3,(H,20,23)(H,21,24). The summed E-state index contributed by atoms with van der Waals surface area (Å²) in [4.78, 5) is 25.9. The third-order valence-electron chi connectivity index (χ3n) is 3.44. The highest BCUT2D eigenvalue weighted by Crippen LogP contribution is 2.12. The van der Waals surface area contributed by atoms with Gasteiger partial charge in [0.1, 0.15) is 5.82 Å². The van der Waals surface area contributed by atoms with Gasteiger partial charge in [0.2, 0.25) is 11.8 Å². The fraction of sp³-hybridized carbons (Fsp3) is 0.556. The molecule has 1 aromatic carbocycles. The average Bonchev–Trinajstić information content (AvgIpc) is 2.44. The molecule has 0 aliphatic rings. The molecule has 134 valence electrons. The minimum atomic E-state index is -0.306. The summed E-state index contributed by atoms with van der Waals surface area (Å²) in [6, 6.07) is 5.81. The van der Waals surface area contributed by atoms with E-state index in [9.17, 15) is 14.0 Å². The van der Waals surface area contributed by atoms with Gasteiger partial charge in [-0.25, -0.2) is 4.39 Å². The molecule has 2 amide bonds. The van der Waals surface area contributed by atoms with Crippen LogP contribution in [-0.2, 0) is 9.59 Å². The number of halogens is 1. The van der Waals surface area contributed by atoms with Crippen molar-refractivity contribution in [2.75, 3.05) is 19.6 Å². The van der Waals surface area contributed by atoms with Crippen LogP contribution in [0.1, 0.15) is 46.2 Å². The van der Waals surface area contributed by atoms with Crippen molar-refractivity contribution in [3.8, 4) is 0 Å². The van der Waals surface area contributed by atoms with Crippen LogP contribution in [0.4, 0.5) is 4.39 Å². The van der Waals surface area contributed by atoms with E-state index < -0.39 is 0 Å². The average molecular weight is 337 g/mol. The molecule has 1 unspecified atom stereocenters. The highest BCUT2D eigenvalue weighted by Gasteiger charge is 2.18. The van der Waals surface area contributed by atoms with E-state index in [0.717, 1.165) is 5.56 Å². The summed E-state index contributed by atoms with van der Waals surface area (Å²) in [5.74, 6) is -0.583. The van der Waals surface area contributed by atoms with Crippen molar-refractivity contribution < 1.29 is 14.0 Å². The highest BCUT2D eigenvalue weighted by molar-refractivity contribution is 5.81. The van der Waals surface area contributed by atoms with E-state index in [1.165, 1.54) is 12.1 Å². The van der Waals surface area contributed by atoms with Gasteiger partial charge in [-0.05, 0) is 51.9 Å². The highest BCUT2D eigenvalue weighted by atomic mass is 19.1. The lowest BCUT2D eigenvalue weighted by molar-refractivity contribution is -0.126. The predicted octanol–water partition coefficient (Wildman–Crippen LogP) is 2.24. The summed E-state index contributed by atoms with van der Waals surface area (Å²) in [5.41, 5.74) is 0.536. The zero-order valence-electron chi connectivity index (χ0n) is 15.1. The summed E-state index contributed by atoms with van der Waals surface area (Å²) in [6.07, 6.45) is 0. The molecule has 0 spiro atoms. The lowest BCUT2D eigenvalue weighted by Crippen LogP contribution is -2.48. The van der Waals surface area contributed by atoms with E-state index in [0.29, 0.717) is 6.54 Å². The largest absolute Gasteiger partial charge is 0.350 e. The Labute approximate surface area is 143 Å². The van der Waals surface area contributed by atoms with Crippen molar-refractivity contribution in [1.82, 2.24) is 15.5 Å². The summed E-state index contributed by atoms with van der Waals surface area (Å²) in [6.45, 7) is 10.4. The summed E-state index contributed by atoms with van der Waals surface area (Å²) >= 11 is 0. The first-order valence-corrected chi connectivity index (χ1v) is 8.19. The Bertz CT molecular complexity index is 552. The molecular formula is C18H28FN3O2. The van der Waals surface area contributed by atoms with Crippen molar-refractivity contribution in [1.29, 1.82) is 0 Å². The Hall–Kier alpha value is -1.95. The van der Waals surface area contributed by atoms with E-state index in [-0.39, 0.29) is 42.3 Å². The Morgan fingerprint density at radius 2 is 1.67 bits per heavy atom. The molecule has 0 radical (unpaired) electrons. The van der Waals surface area contributed by atoms with Crippen LogP contribution < -0.4 is 10.6 Å². The third kappa shape index (κ3) is 7.55. The smallest absolute Gasteiger partial charge is 0.234 e. The van der Waals surface area contributed by atoms with Crippen LogP contribution in [0.25, 0.3) is 0 Å². The molecule has 1 aromatic rings. The molecule has 24 heavy (non-hydrogen) atoms. The third-order valence-corrected chi connectivity index (χ3v) is 3.44. The first-order chi connectivity index (χ1) is 11.1. The molecule has 2 N–H and O–H groups in total. The van der Waals surface area contributed by atoms with E-state index >= 15 is 0 Å². The zero-order chi connectivity index (χ0) is 18.3. The van der Waals surface area contributed by atoms with Crippen molar-refractivity contribution in [3.05, 3.63) is 35.6 Å². The number of rotatable bonds is 7. The molecule has 0 saturated heterocycles. The van der Waals surface area contributed by atoms with Crippen molar-refractivity contribution >= 4 is 11.8 Å². The number of benzene rings is 1. The number of nitrogens with zero attached hydrogens (tertiary/aromatic N) is 1. The molecule has 0 saturated carbocycles.